The topological polar surface area (TPSA) is 24.9 Å². The van der Waals surface area contributed by atoms with E-state index in [9.17, 15) is 0 Å². The van der Waals surface area contributed by atoms with Crippen LogP contribution < -0.4 is 5.32 Å². The Morgan fingerprint density at radius 3 is 2.62 bits per heavy atom. The molecule has 0 radical (unpaired) electrons. The lowest BCUT2D eigenvalue weighted by Gasteiger charge is -2.01. The zero-order valence-electron chi connectivity index (χ0n) is 8.63. The molecule has 0 aliphatic heterocycles. The molecular formula is C11H14Cl2N2S. The molecule has 0 bridgehead atoms. The van der Waals surface area contributed by atoms with E-state index in [4.69, 9.17) is 0 Å². The van der Waals surface area contributed by atoms with Gasteiger partial charge in [-0.15, -0.1) is 24.8 Å². The molecule has 2 rings (SSSR count). The molecule has 0 atom stereocenters. The Hall–Kier alpha value is -0.610. The summed E-state index contributed by atoms with van der Waals surface area (Å²) in [5.41, 5.74) is 2.42. The molecule has 2 aromatic heterocycles. The van der Waals surface area contributed by atoms with Gasteiger partial charge in [0.15, 0.2) is 0 Å². The molecule has 0 aliphatic rings. The van der Waals surface area contributed by atoms with Crippen molar-refractivity contribution in [2.24, 2.45) is 0 Å². The summed E-state index contributed by atoms with van der Waals surface area (Å²) in [6, 6.07) is 8.10. The SMILES string of the molecule is Cl.Cl.c1ccc(CNCc2ccsc2)nc1. The fraction of sp³-hybridized carbons (Fsp3) is 0.182. The largest absolute Gasteiger partial charge is 0.307 e. The molecule has 2 aromatic rings. The molecular weight excluding hydrogens is 263 g/mol. The van der Waals surface area contributed by atoms with Crippen LogP contribution in [0, 0.1) is 0 Å². The molecule has 0 aliphatic carbocycles. The zero-order chi connectivity index (χ0) is 9.64. The first-order valence-electron chi connectivity index (χ1n) is 4.57. The number of halogens is 2. The molecule has 88 valence electrons. The third kappa shape index (κ3) is 4.94. The molecule has 2 heterocycles. The predicted molar refractivity (Wildman–Crippen MR) is 73.6 cm³/mol. The Bertz CT molecular complexity index is 365. The average molecular weight is 277 g/mol. The van der Waals surface area contributed by atoms with E-state index < -0.39 is 0 Å². The number of pyridine rings is 1. The van der Waals surface area contributed by atoms with E-state index in [0.29, 0.717) is 0 Å². The van der Waals surface area contributed by atoms with Crippen LogP contribution in [0.5, 0.6) is 0 Å². The van der Waals surface area contributed by atoms with Crippen molar-refractivity contribution in [3.63, 3.8) is 0 Å². The number of hydrogen-bond donors (Lipinski definition) is 1. The Morgan fingerprint density at radius 1 is 1.12 bits per heavy atom. The van der Waals surface area contributed by atoms with Crippen molar-refractivity contribution in [1.29, 1.82) is 0 Å². The van der Waals surface area contributed by atoms with Crippen LogP contribution in [0.1, 0.15) is 11.3 Å². The summed E-state index contributed by atoms with van der Waals surface area (Å²) in [4.78, 5) is 4.24. The van der Waals surface area contributed by atoms with Crippen molar-refractivity contribution in [2.75, 3.05) is 0 Å². The second-order valence-corrected chi connectivity index (χ2v) is 3.84. The van der Waals surface area contributed by atoms with Crippen LogP contribution in [0.3, 0.4) is 0 Å². The van der Waals surface area contributed by atoms with E-state index in [1.807, 2.05) is 24.4 Å². The highest BCUT2D eigenvalue weighted by molar-refractivity contribution is 7.07. The standard InChI is InChI=1S/C11H12N2S.2ClH/c1-2-5-13-11(3-1)8-12-7-10-4-6-14-9-10;;/h1-6,9,12H,7-8H2;2*1H. The minimum atomic E-state index is 0. The lowest BCUT2D eigenvalue weighted by atomic mass is 10.3. The van der Waals surface area contributed by atoms with Crippen molar-refractivity contribution in [3.8, 4) is 0 Å². The number of hydrogen-bond acceptors (Lipinski definition) is 3. The Labute approximate surface area is 112 Å². The Balaban J connectivity index is 0.00000112. The number of nitrogens with one attached hydrogen (secondary N) is 1. The van der Waals surface area contributed by atoms with Crippen LogP contribution >= 0.6 is 36.2 Å². The first-order valence-corrected chi connectivity index (χ1v) is 5.51. The lowest BCUT2D eigenvalue weighted by Crippen LogP contribution is -2.12. The van der Waals surface area contributed by atoms with E-state index in [1.54, 1.807) is 11.3 Å². The fourth-order valence-corrected chi connectivity index (χ4v) is 1.90. The Kier molecular flexibility index (Phi) is 8.21. The second kappa shape index (κ2) is 8.53. The normalized spacial score (nSPS) is 9.00. The van der Waals surface area contributed by atoms with E-state index in [0.717, 1.165) is 18.8 Å². The third-order valence-corrected chi connectivity index (χ3v) is 2.67. The average Bonchev–Trinajstić information content (AvgIpc) is 2.72. The highest BCUT2D eigenvalue weighted by atomic mass is 35.5. The van der Waals surface area contributed by atoms with Gasteiger partial charge in [0.05, 0.1) is 5.69 Å². The van der Waals surface area contributed by atoms with E-state index in [-0.39, 0.29) is 24.8 Å². The smallest absolute Gasteiger partial charge is 0.0541 e. The van der Waals surface area contributed by atoms with Gasteiger partial charge in [-0.3, -0.25) is 4.98 Å². The summed E-state index contributed by atoms with van der Waals surface area (Å²) in [5.74, 6) is 0. The van der Waals surface area contributed by atoms with Crippen molar-refractivity contribution < 1.29 is 0 Å². The highest BCUT2D eigenvalue weighted by Crippen LogP contribution is 2.05. The van der Waals surface area contributed by atoms with Gasteiger partial charge in [-0.25, -0.2) is 0 Å². The van der Waals surface area contributed by atoms with Crippen molar-refractivity contribution >= 4 is 36.2 Å². The fourth-order valence-electron chi connectivity index (χ4n) is 1.23. The minimum Gasteiger partial charge on any atom is -0.307 e. The van der Waals surface area contributed by atoms with Gasteiger partial charge in [0.2, 0.25) is 0 Å². The second-order valence-electron chi connectivity index (χ2n) is 3.06. The lowest BCUT2D eigenvalue weighted by molar-refractivity contribution is 0.681. The van der Waals surface area contributed by atoms with Crippen LogP contribution in [0.2, 0.25) is 0 Å². The van der Waals surface area contributed by atoms with Gasteiger partial charge in [-0.1, -0.05) is 6.07 Å². The summed E-state index contributed by atoms with van der Waals surface area (Å²) >= 11 is 1.73. The molecule has 0 spiro atoms. The first-order chi connectivity index (χ1) is 6.95. The van der Waals surface area contributed by atoms with Crippen molar-refractivity contribution in [3.05, 3.63) is 52.5 Å². The maximum absolute atomic E-state index is 4.24. The summed E-state index contributed by atoms with van der Waals surface area (Å²) in [6.07, 6.45) is 1.82. The zero-order valence-corrected chi connectivity index (χ0v) is 11.1. The molecule has 0 saturated heterocycles. The summed E-state index contributed by atoms with van der Waals surface area (Å²) in [5, 5.41) is 7.60. The molecule has 2 nitrogen and oxygen atoms in total. The van der Waals surface area contributed by atoms with Crippen molar-refractivity contribution in [2.45, 2.75) is 13.1 Å². The predicted octanol–water partition coefficient (Wildman–Crippen LogP) is 3.28. The molecule has 16 heavy (non-hydrogen) atoms. The van der Waals surface area contributed by atoms with Crippen LogP contribution in [-0.4, -0.2) is 4.98 Å². The van der Waals surface area contributed by atoms with Gasteiger partial charge in [0.1, 0.15) is 0 Å². The van der Waals surface area contributed by atoms with Crippen LogP contribution in [-0.2, 0) is 13.1 Å². The van der Waals surface area contributed by atoms with Crippen molar-refractivity contribution in [1.82, 2.24) is 10.3 Å². The molecule has 0 unspecified atom stereocenters. The molecule has 0 saturated carbocycles. The van der Waals surface area contributed by atoms with Crippen LogP contribution in [0.15, 0.2) is 41.2 Å². The first kappa shape index (κ1) is 15.4. The molecule has 0 amide bonds. The van der Waals surface area contributed by atoms with Gasteiger partial charge in [-0.2, -0.15) is 11.3 Å². The van der Waals surface area contributed by atoms with E-state index >= 15 is 0 Å². The summed E-state index contributed by atoms with van der Waals surface area (Å²) in [6.45, 7) is 1.75. The number of aromatic nitrogens is 1. The van der Waals surface area contributed by atoms with E-state index in [2.05, 4.69) is 27.1 Å². The van der Waals surface area contributed by atoms with Crippen LogP contribution in [0.4, 0.5) is 0 Å². The quantitative estimate of drug-likeness (QED) is 0.927. The summed E-state index contributed by atoms with van der Waals surface area (Å²) < 4.78 is 0. The minimum absolute atomic E-state index is 0. The number of rotatable bonds is 4. The highest BCUT2D eigenvalue weighted by Gasteiger charge is 1.93. The molecule has 0 fully saturated rings. The third-order valence-electron chi connectivity index (χ3n) is 1.94. The maximum Gasteiger partial charge on any atom is 0.0541 e. The van der Waals surface area contributed by atoms with Gasteiger partial charge in [0, 0.05) is 19.3 Å². The van der Waals surface area contributed by atoms with Gasteiger partial charge in [0.25, 0.3) is 0 Å². The van der Waals surface area contributed by atoms with E-state index in [1.165, 1.54) is 5.56 Å². The maximum atomic E-state index is 4.24. The number of thiophene rings is 1. The molecule has 0 aromatic carbocycles. The number of nitrogens with zero attached hydrogens (tertiary/aromatic N) is 1. The molecule has 5 heteroatoms. The monoisotopic (exact) mass is 276 g/mol. The summed E-state index contributed by atoms with van der Waals surface area (Å²) in [7, 11) is 0. The van der Waals surface area contributed by atoms with Crippen LogP contribution in [0.25, 0.3) is 0 Å². The van der Waals surface area contributed by atoms with Gasteiger partial charge in [-0.05, 0) is 34.5 Å². The van der Waals surface area contributed by atoms with Gasteiger partial charge < -0.3 is 5.32 Å². The molecule has 1 N–H and O–H groups in total. The van der Waals surface area contributed by atoms with Gasteiger partial charge >= 0.3 is 0 Å². The Morgan fingerprint density at radius 2 is 2.00 bits per heavy atom.